The summed E-state index contributed by atoms with van der Waals surface area (Å²) in [7, 11) is 1.62. The van der Waals surface area contributed by atoms with Crippen LogP contribution in [0.2, 0.25) is 5.02 Å². The van der Waals surface area contributed by atoms with E-state index in [1.807, 2.05) is 18.2 Å². The van der Waals surface area contributed by atoms with Crippen LogP contribution in [0.15, 0.2) is 24.4 Å². The summed E-state index contributed by atoms with van der Waals surface area (Å²) in [4.78, 5) is 20.6. The summed E-state index contributed by atoms with van der Waals surface area (Å²) < 4.78 is 5.02. The minimum Gasteiger partial charge on any atom is -0.378 e. The molecule has 1 saturated heterocycles. The Kier molecular flexibility index (Phi) is 5.72. The number of ether oxygens (including phenoxy) is 1. The van der Waals surface area contributed by atoms with Crippen LogP contribution in [-0.4, -0.2) is 59.4 Å². The van der Waals surface area contributed by atoms with Crippen molar-refractivity contribution in [3.8, 4) is 0 Å². The summed E-state index contributed by atoms with van der Waals surface area (Å²) in [6.45, 7) is 3.63. The molecule has 2 N–H and O–H groups in total. The SMILES string of the molecule is COCc1cc(CNC(=O)N2CCN(c3ccc(Cl)cn3)CC2)[nH]n1. The molecule has 0 unspecified atom stereocenters. The minimum atomic E-state index is -0.0772. The van der Waals surface area contributed by atoms with E-state index in [1.54, 1.807) is 18.2 Å². The number of rotatable bonds is 5. The molecule has 8 nitrogen and oxygen atoms in total. The van der Waals surface area contributed by atoms with Crippen molar-refractivity contribution in [2.45, 2.75) is 13.2 Å². The van der Waals surface area contributed by atoms with Crippen molar-refractivity contribution < 1.29 is 9.53 Å². The number of nitrogens with one attached hydrogen (secondary N) is 2. The molecular weight excluding hydrogens is 344 g/mol. The second-order valence-corrected chi connectivity index (χ2v) is 6.22. The van der Waals surface area contributed by atoms with E-state index in [1.165, 1.54) is 0 Å². The Hall–Kier alpha value is -2.32. The van der Waals surface area contributed by atoms with E-state index in [2.05, 4.69) is 25.4 Å². The fourth-order valence-electron chi connectivity index (χ4n) is 2.70. The smallest absolute Gasteiger partial charge is 0.317 e. The predicted molar refractivity (Wildman–Crippen MR) is 94.6 cm³/mol. The molecule has 0 aromatic carbocycles. The van der Waals surface area contributed by atoms with E-state index in [4.69, 9.17) is 16.3 Å². The van der Waals surface area contributed by atoms with E-state index in [0.717, 1.165) is 30.3 Å². The lowest BCUT2D eigenvalue weighted by molar-refractivity contribution is 0.181. The van der Waals surface area contributed by atoms with Gasteiger partial charge in [0.2, 0.25) is 0 Å². The van der Waals surface area contributed by atoms with E-state index in [9.17, 15) is 4.79 Å². The molecule has 3 rings (SSSR count). The van der Waals surface area contributed by atoms with E-state index in [-0.39, 0.29) is 6.03 Å². The lowest BCUT2D eigenvalue weighted by Gasteiger charge is -2.35. The third-order valence-electron chi connectivity index (χ3n) is 4.01. The summed E-state index contributed by atoms with van der Waals surface area (Å²) in [6, 6.07) is 5.53. The maximum absolute atomic E-state index is 12.3. The van der Waals surface area contributed by atoms with E-state index < -0.39 is 0 Å². The first-order valence-electron chi connectivity index (χ1n) is 8.07. The molecule has 25 heavy (non-hydrogen) atoms. The highest BCUT2D eigenvalue weighted by atomic mass is 35.5. The lowest BCUT2D eigenvalue weighted by Crippen LogP contribution is -2.51. The fourth-order valence-corrected chi connectivity index (χ4v) is 2.81. The molecule has 2 aromatic rings. The van der Waals surface area contributed by atoms with Crippen molar-refractivity contribution in [3.05, 3.63) is 40.8 Å². The van der Waals surface area contributed by atoms with Crippen molar-refractivity contribution in [2.24, 2.45) is 0 Å². The zero-order chi connectivity index (χ0) is 17.6. The van der Waals surface area contributed by atoms with Crippen molar-refractivity contribution >= 4 is 23.4 Å². The first kappa shape index (κ1) is 17.5. The van der Waals surface area contributed by atoms with Gasteiger partial charge in [-0.3, -0.25) is 5.10 Å². The maximum atomic E-state index is 12.3. The molecule has 0 atom stereocenters. The molecule has 2 aromatic heterocycles. The van der Waals surface area contributed by atoms with Crippen LogP contribution in [0.4, 0.5) is 10.6 Å². The van der Waals surface area contributed by atoms with Gasteiger partial charge in [0, 0.05) is 39.5 Å². The largest absolute Gasteiger partial charge is 0.378 e. The van der Waals surface area contributed by atoms with Gasteiger partial charge in [-0.05, 0) is 18.2 Å². The Balaban J connectivity index is 1.45. The molecule has 1 aliphatic heterocycles. The molecule has 0 bridgehead atoms. The van der Waals surface area contributed by atoms with Crippen LogP contribution in [0, 0.1) is 0 Å². The molecule has 0 aliphatic carbocycles. The summed E-state index contributed by atoms with van der Waals surface area (Å²) in [5, 5.41) is 10.5. The average molecular weight is 365 g/mol. The highest BCUT2D eigenvalue weighted by Crippen LogP contribution is 2.16. The van der Waals surface area contributed by atoms with Gasteiger partial charge >= 0.3 is 6.03 Å². The maximum Gasteiger partial charge on any atom is 0.317 e. The number of anilines is 1. The normalized spacial score (nSPS) is 14.6. The first-order chi connectivity index (χ1) is 12.2. The van der Waals surface area contributed by atoms with Gasteiger partial charge in [-0.25, -0.2) is 9.78 Å². The van der Waals surface area contributed by atoms with E-state index in [0.29, 0.717) is 31.3 Å². The second-order valence-electron chi connectivity index (χ2n) is 5.78. The number of carbonyl (C=O) groups is 1. The monoisotopic (exact) mass is 364 g/mol. The number of urea groups is 1. The Morgan fingerprint density at radius 3 is 2.84 bits per heavy atom. The van der Waals surface area contributed by atoms with Crippen LogP contribution in [0.3, 0.4) is 0 Å². The van der Waals surface area contributed by atoms with Gasteiger partial charge in [-0.2, -0.15) is 5.10 Å². The molecule has 1 aliphatic rings. The van der Waals surface area contributed by atoms with Crippen LogP contribution in [0.5, 0.6) is 0 Å². The molecule has 0 saturated carbocycles. The summed E-state index contributed by atoms with van der Waals surface area (Å²) >= 11 is 5.86. The third kappa shape index (κ3) is 4.61. The van der Waals surface area contributed by atoms with Crippen LogP contribution < -0.4 is 10.2 Å². The Morgan fingerprint density at radius 2 is 2.16 bits per heavy atom. The number of halogens is 1. The number of H-pyrrole nitrogens is 1. The Bertz CT molecular complexity index is 697. The molecule has 2 amide bonds. The highest BCUT2D eigenvalue weighted by Gasteiger charge is 2.21. The van der Waals surface area contributed by atoms with Crippen molar-refractivity contribution in [3.63, 3.8) is 0 Å². The molecule has 134 valence electrons. The Labute approximate surface area is 151 Å². The van der Waals surface area contributed by atoms with Crippen LogP contribution in [0.1, 0.15) is 11.4 Å². The number of aromatic nitrogens is 3. The van der Waals surface area contributed by atoms with Gasteiger partial charge < -0.3 is 19.9 Å². The second kappa shape index (κ2) is 8.17. The molecule has 9 heteroatoms. The first-order valence-corrected chi connectivity index (χ1v) is 8.45. The van der Waals surface area contributed by atoms with Gasteiger partial charge in [-0.1, -0.05) is 11.6 Å². The summed E-state index contributed by atoms with van der Waals surface area (Å²) in [5.74, 6) is 0.882. The van der Waals surface area contributed by atoms with Crippen LogP contribution in [0.25, 0.3) is 0 Å². The number of carbonyl (C=O) groups excluding carboxylic acids is 1. The average Bonchev–Trinajstić information content (AvgIpc) is 3.08. The summed E-state index contributed by atoms with van der Waals surface area (Å²) in [6.07, 6.45) is 1.64. The third-order valence-corrected chi connectivity index (χ3v) is 4.23. The summed E-state index contributed by atoms with van der Waals surface area (Å²) in [5.41, 5.74) is 1.67. The topological polar surface area (TPSA) is 86.4 Å². The van der Waals surface area contributed by atoms with Crippen molar-refractivity contribution in [1.29, 1.82) is 0 Å². The number of amides is 2. The highest BCUT2D eigenvalue weighted by molar-refractivity contribution is 6.30. The van der Waals surface area contributed by atoms with Crippen LogP contribution >= 0.6 is 11.6 Å². The number of piperazine rings is 1. The molecule has 3 heterocycles. The standard InChI is InChI=1S/C16H21ClN6O2/c1-25-11-14-8-13(20-21-14)10-19-16(24)23-6-4-22(5-7-23)15-3-2-12(17)9-18-15/h2-3,8-9H,4-7,10-11H2,1H3,(H,19,24)(H,20,21). The predicted octanol–water partition coefficient (Wildman–Crippen LogP) is 1.64. The number of nitrogens with zero attached hydrogens (tertiary/aromatic N) is 4. The molecule has 1 fully saturated rings. The van der Waals surface area contributed by atoms with Crippen molar-refractivity contribution in [1.82, 2.24) is 25.4 Å². The number of pyridine rings is 1. The van der Waals surface area contributed by atoms with Gasteiger partial charge in [0.25, 0.3) is 0 Å². The fraction of sp³-hybridized carbons (Fsp3) is 0.438. The van der Waals surface area contributed by atoms with E-state index >= 15 is 0 Å². The zero-order valence-corrected chi connectivity index (χ0v) is 14.8. The van der Waals surface area contributed by atoms with Crippen molar-refractivity contribution in [2.75, 3.05) is 38.2 Å². The number of hydrogen-bond acceptors (Lipinski definition) is 5. The molecule has 0 radical (unpaired) electrons. The minimum absolute atomic E-state index is 0.0772. The quantitative estimate of drug-likeness (QED) is 0.842. The van der Waals surface area contributed by atoms with Gasteiger partial charge in [0.05, 0.1) is 29.6 Å². The van der Waals surface area contributed by atoms with Crippen LogP contribution in [-0.2, 0) is 17.9 Å². The molecular formula is C16H21ClN6O2. The number of methoxy groups -OCH3 is 1. The number of hydrogen-bond donors (Lipinski definition) is 2. The molecule has 0 spiro atoms. The number of aromatic amines is 1. The lowest BCUT2D eigenvalue weighted by atomic mass is 10.3. The van der Waals surface area contributed by atoms with Gasteiger partial charge in [0.1, 0.15) is 5.82 Å². The zero-order valence-electron chi connectivity index (χ0n) is 14.0. The Morgan fingerprint density at radius 1 is 1.36 bits per heavy atom. The van der Waals surface area contributed by atoms with Gasteiger partial charge in [0.15, 0.2) is 0 Å². The van der Waals surface area contributed by atoms with Gasteiger partial charge in [-0.15, -0.1) is 0 Å².